The fraction of sp³-hybridized carbons (Fsp3) is 0.0625. The number of nitrogens with zero attached hydrogens (tertiary/aromatic N) is 1. The fourth-order valence-electron chi connectivity index (χ4n) is 2.26. The van der Waals surface area contributed by atoms with Gasteiger partial charge in [-0.2, -0.15) is 5.26 Å². The van der Waals surface area contributed by atoms with Crippen molar-refractivity contribution in [2.45, 2.75) is 6.92 Å². The number of hydrogen-bond acceptors (Lipinski definition) is 4. The van der Waals surface area contributed by atoms with Gasteiger partial charge in [0.1, 0.15) is 10.9 Å². The van der Waals surface area contributed by atoms with E-state index in [1.165, 1.54) is 11.3 Å². The molecule has 0 radical (unpaired) electrons. The molecule has 21 heavy (non-hydrogen) atoms. The molecule has 0 amide bonds. The molecule has 104 valence electrons. The van der Waals surface area contributed by atoms with Crippen LogP contribution in [0.1, 0.15) is 10.4 Å². The third-order valence-electron chi connectivity index (χ3n) is 3.12. The summed E-state index contributed by atoms with van der Waals surface area (Å²) in [7, 11) is 0. The number of nitriles is 1. The van der Waals surface area contributed by atoms with E-state index in [1.54, 1.807) is 11.3 Å². The lowest BCUT2D eigenvalue weighted by Gasteiger charge is -2.05. The van der Waals surface area contributed by atoms with Crippen molar-refractivity contribution in [3.05, 3.63) is 51.2 Å². The number of hydrogen-bond donors (Lipinski definition) is 1. The lowest BCUT2D eigenvalue weighted by atomic mass is 10.0. The minimum absolute atomic E-state index is 0.547. The number of nitrogens with two attached hydrogens (primary N) is 1. The van der Waals surface area contributed by atoms with Gasteiger partial charge in [-0.3, -0.25) is 0 Å². The van der Waals surface area contributed by atoms with Crippen molar-refractivity contribution >= 4 is 40.0 Å². The van der Waals surface area contributed by atoms with Crippen molar-refractivity contribution in [2.24, 2.45) is 0 Å². The molecule has 0 aliphatic heterocycles. The van der Waals surface area contributed by atoms with E-state index >= 15 is 0 Å². The second-order valence-electron chi connectivity index (χ2n) is 4.66. The van der Waals surface area contributed by atoms with Crippen LogP contribution in [0.3, 0.4) is 0 Å². The average Bonchev–Trinajstić information content (AvgIpc) is 3.04. The van der Waals surface area contributed by atoms with Crippen LogP contribution in [0, 0.1) is 18.3 Å². The zero-order valence-corrected chi connectivity index (χ0v) is 13.6. The second kappa shape index (κ2) is 5.53. The lowest BCUT2D eigenvalue weighted by Crippen LogP contribution is -1.88. The van der Waals surface area contributed by atoms with E-state index in [0.717, 1.165) is 26.4 Å². The van der Waals surface area contributed by atoms with E-state index in [2.05, 4.69) is 12.1 Å². The standard InChI is InChI=1S/C16H11ClN2S2/c1-9-5-10(7-11(17)6-9)16-14(12-3-2-4-20-12)15(19)13(8-18)21-16/h2-7H,19H2,1H3. The van der Waals surface area contributed by atoms with Crippen molar-refractivity contribution in [1.29, 1.82) is 5.26 Å². The third kappa shape index (κ3) is 2.56. The summed E-state index contributed by atoms with van der Waals surface area (Å²) in [6, 6.07) is 12.1. The first-order valence-corrected chi connectivity index (χ1v) is 8.31. The van der Waals surface area contributed by atoms with Crippen LogP contribution in [-0.2, 0) is 0 Å². The first kappa shape index (κ1) is 14.2. The van der Waals surface area contributed by atoms with Gasteiger partial charge in [0.25, 0.3) is 0 Å². The molecular formula is C16H11ClN2S2. The molecule has 2 aromatic heterocycles. The Labute approximate surface area is 136 Å². The average molecular weight is 331 g/mol. The number of benzene rings is 1. The van der Waals surface area contributed by atoms with E-state index < -0.39 is 0 Å². The van der Waals surface area contributed by atoms with Crippen LogP contribution in [-0.4, -0.2) is 0 Å². The highest BCUT2D eigenvalue weighted by Gasteiger charge is 2.19. The van der Waals surface area contributed by atoms with E-state index in [1.807, 2.05) is 36.6 Å². The first-order chi connectivity index (χ1) is 10.1. The van der Waals surface area contributed by atoms with Gasteiger partial charge >= 0.3 is 0 Å². The Kier molecular flexibility index (Phi) is 3.73. The Hall–Kier alpha value is -1.80. The van der Waals surface area contributed by atoms with E-state index in [4.69, 9.17) is 17.3 Å². The molecule has 3 rings (SSSR count). The van der Waals surface area contributed by atoms with Gasteiger partial charge in [0.05, 0.1) is 5.69 Å². The summed E-state index contributed by atoms with van der Waals surface area (Å²) in [5.41, 5.74) is 9.76. The molecule has 2 nitrogen and oxygen atoms in total. The molecule has 2 N–H and O–H groups in total. The summed E-state index contributed by atoms with van der Waals surface area (Å²) in [6.45, 7) is 2.00. The number of thiophene rings is 2. The molecule has 1 aromatic carbocycles. The van der Waals surface area contributed by atoms with Crippen LogP contribution in [0.15, 0.2) is 35.7 Å². The molecule has 0 saturated heterocycles. The van der Waals surface area contributed by atoms with Crippen molar-refractivity contribution in [1.82, 2.24) is 0 Å². The summed E-state index contributed by atoms with van der Waals surface area (Å²) in [5, 5.41) is 12.0. The van der Waals surface area contributed by atoms with Crippen LogP contribution < -0.4 is 5.73 Å². The molecule has 2 heterocycles. The highest BCUT2D eigenvalue weighted by molar-refractivity contribution is 7.19. The number of halogens is 1. The highest BCUT2D eigenvalue weighted by atomic mass is 35.5. The summed E-state index contributed by atoms with van der Waals surface area (Å²) in [5.74, 6) is 0. The Bertz CT molecular complexity index is 822. The number of anilines is 1. The quantitative estimate of drug-likeness (QED) is 0.668. The number of nitrogen functional groups attached to an aromatic ring is 1. The summed E-state index contributed by atoms with van der Waals surface area (Å²) in [6.07, 6.45) is 0. The number of rotatable bonds is 2. The van der Waals surface area contributed by atoms with Gasteiger partial charge < -0.3 is 5.73 Å². The molecular weight excluding hydrogens is 320 g/mol. The summed E-state index contributed by atoms with van der Waals surface area (Å²) < 4.78 is 0. The van der Waals surface area contributed by atoms with Crippen molar-refractivity contribution < 1.29 is 0 Å². The predicted molar refractivity (Wildman–Crippen MR) is 91.9 cm³/mol. The maximum Gasteiger partial charge on any atom is 0.129 e. The zero-order valence-electron chi connectivity index (χ0n) is 11.2. The van der Waals surface area contributed by atoms with Gasteiger partial charge in [-0.15, -0.1) is 22.7 Å². The molecule has 3 aromatic rings. The maximum atomic E-state index is 9.27. The largest absolute Gasteiger partial charge is 0.396 e. The molecule has 0 unspecified atom stereocenters. The van der Waals surface area contributed by atoms with Crippen LogP contribution in [0.5, 0.6) is 0 Å². The SMILES string of the molecule is Cc1cc(Cl)cc(-c2sc(C#N)c(N)c2-c2cccs2)c1. The van der Waals surface area contributed by atoms with Crippen LogP contribution in [0.4, 0.5) is 5.69 Å². The molecule has 5 heteroatoms. The molecule has 0 saturated carbocycles. The molecule has 0 spiro atoms. The van der Waals surface area contributed by atoms with Gasteiger partial charge in [-0.05, 0) is 41.6 Å². The predicted octanol–water partition coefficient (Wildman–Crippen LogP) is 5.56. The second-order valence-corrected chi connectivity index (χ2v) is 7.06. The van der Waals surface area contributed by atoms with E-state index in [0.29, 0.717) is 15.6 Å². The minimum Gasteiger partial charge on any atom is -0.396 e. The molecule has 0 bridgehead atoms. The maximum absolute atomic E-state index is 9.27. The molecule has 0 aliphatic carbocycles. The normalized spacial score (nSPS) is 10.5. The van der Waals surface area contributed by atoms with Gasteiger partial charge in [-0.1, -0.05) is 23.7 Å². The zero-order chi connectivity index (χ0) is 15.0. The molecule has 0 fully saturated rings. The Morgan fingerprint density at radius 1 is 1.29 bits per heavy atom. The van der Waals surface area contributed by atoms with Gasteiger partial charge in [0.2, 0.25) is 0 Å². The van der Waals surface area contributed by atoms with Crippen molar-refractivity contribution in [3.8, 4) is 27.0 Å². The highest BCUT2D eigenvalue weighted by Crippen LogP contribution is 2.46. The third-order valence-corrected chi connectivity index (χ3v) is 5.38. The van der Waals surface area contributed by atoms with Crippen molar-refractivity contribution in [2.75, 3.05) is 5.73 Å². The van der Waals surface area contributed by atoms with Gasteiger partial charge in [0.15, 0.2) is 0 Å². The van der Waals surface area contributed by atoms with Crippen LogP contribution >= 0.6 is 34.3 Å². The van der Waals surface area contributed by atoms with E-state index in [9.17, 15) is 5.26 Å². The monoisotopic (exact) mass is 330 g/mol. The minimum atomic E-state index is 0.547. The van der Waals surface area contributed by atoms with Crippen LogP contribution in [0.2, 0.25) is 5.02 Å². The first-order valence-electron chi connectivity index (χ1n) is 6.24. The summed E-state index contributed by atoms with van der Waals surface area (Å²) in [4.78, 5) is 2.61. The van der Waals surface area contributed by atoms with Crippen LogP contribution in [0.25, 0.3) is 20.9 Å². The van der Waals surface area contributed by atoms with Crippen molar-refractivity contribution in [3.63, 3.8) is 0 Å². The lowest BCUT2D eigenvalue weighted by molar-refractivity contribution is 1.48. The molecule has 0 aliphatic rings. The molecule has 0 atom stereocenters. The van der Waals surface area contributed by atoms with E-state index in [-0.39, 0.29) is 0 Å². The Balaban J connectivity index is 2.30. The Morgan fingerprint density at radius 3 is 2.71 bits per heavy atom. The smallest absolute Gasteiger partial charge is 0.129 e. The van der Waals surface area contributed by atoms with Gasteiger partial charge in [-0.25, -0.2) is 0 Å². The van der Waals surface area contributed by atoms with Gasteiger partial charge in [0, 0.05) is 20.3 Å². The number of aryl methyl sites for hydroxylation is 1. The fourth-order valence-corrected chi connectivity index (χ4v) is 4.43. The topological polar surface area (TPSA) is 49.8 Å². The summed E-state index contributed by atoms with van der Waals surface area (Å²) >= 11 is 9.20. The Morgan fingerprint density at radius 2 is 2.10 bits per heavy atom.